The molecule has 0 bridgehead atoms. The number of nitrogens with one attached hydrogen (secondary N) is 2. The molecule has 50 heavy (non-hydrogen) atoms. The Morgan fingerprint density at radius 2 is 1.74 bits per heavy atom. The summed E-state index contributed by atoms with van der Waals surface area (Å²) in [6, 6.07) is 14.7. The van der Waals surface area contributed by atoms with E-state index in [4.69, 9.17) is 9.84 Å². The van der Waals surface area contributed by atoms with Gasteiger partial charge in [0.05, 0.1) is 17.1 Å². The van der Waals surface area contributed by atoms with E-state index >= 15 is 0 Å². The molecule has 3 aromatic carbocycles. The molecule has 2 unspecified atom stereocenters. The SMILES string of the molecule is C=c1ccc2c(c1)Oc1cc(O)ccc1C=2c1ccc(NC(=O)CSCC(=O)N/N=C2/CC3CS[C@@H](CCCCC(=O)O)C3C2)cc1C(=O)O. The third-order valence-electron chi connectivity index (χ3n) is 9.08. The van der Waals surface area contributed by atoms with Crippen LogP contribution in [0.1, 0.15) is 60.0 Å². The predicted molar refractivity (Wildman–Crippen MR) is 195 cm³/mol. The molecular formula is C37H37N3O8S2. The first-order chi connectivity index (χ1) is 24.0. The first-order valence-corrected chi connectivity index (χ1v) is 18.5. The lowest BCUT2D eigenvalue weighted by Gasteiger charge is -2.22. The van der Waals surface area contributed by atoms with Crippen molar-refractivity contribution in [1.29, 1.82) is 0 Å². The quantitative estimate of drug-likeness (QED) is 0.0957. The fourth-order valence-electron chi connectivity index (χ4n) is 6.81. The Labute approximate surface area is 296 Å². The van der Waals surface area contributed by atoms with Gasteiger partial charge in [0.1, 0.15) is 17.2 Å². The third kappa shape index (κ3) is 8.16. The number of rotatable bonds is 13. The largest absolute Gasteiger partial charge is 0.508 e. The minimum Gasteiger partial charge on any atom is -0.508 e. The maximum Gasteiger partial charge on any atom is 0.336 e. The predicted octanol–water partition coefficient (Wildman–Crippen LogP) is 4.78. The number of aliphatic carboxylic acids is 1. The number of carbonyl (C=O) groups is 4. The Balaban J connectivity index is 1.04. The molecule has 2 amide bonds. The van der Waals surface area contributed by atoms with Crippen LogP contribution in [0.4, 0.5) is 5.69 Å². The maximum atomic E-state index is 12.8. The number of carboxylic acid groups (broad SMARTS) is 2. The lowest BCUT2D eigenvalue weighted by Crippen LogP contribution is -2.23. The number of carbonyl (C=O) groups excluding carboxylic acids is 2. The summed E-state index contributed by atoms with van der Waals surface area (Å²) in [4.78, 5) is 48.5. The van der Waals surface area contributed by atoms with Gasteiger partial charge in [-0.25, -0.2) is 10.2 Å². The molecule has 0 spiro atoms. The number of unbranched alkanes of at least 4 members (excludes halogenated alkanes) is 1. The van der Waals surface area contributed by atoms with Crippen LogP contribution in [0, 0.1) is 11.8 Å². The summed E-state index contributed by atoms with van der Waals surface area (Å²) in [5, 5.41) is 38.1. The normalized spacial score (nSPS) is 19.6. The minimum absolute atomic E-state index is 0.00467. The smallest absolute Gasteiger partial charge is 0.336 e. The molecule has 13 heteroatoms. The molecule has 3 atom stereocenters. The van der Waals surface area contributed by atoms with E-state index in [-0.39, 0.29) is 41.1 Å². The number of hydrogen-bond acceptors (Lipinski definition) is 9. The highest BCUT2D eigenvalue weighted by atomic mass is 32.2. The number of fused-ring (bicyclic) bond motifs is 3. The molecule has 2 aliphatic heterocycles. The van der Waals surface area contributed by atoms with Crippen molar-refractivity contribution in [3.63, 3.8) is 0 Å². The summed E-state index contributed by atoms with van der Waals surface area (Å²) in [5.74, 6) is 0.327. The van der Waals surface area contributed by atoms with Gasteiger partial charge >= 0.3 is 11.9 Å². The molecule has 1 saturated carbocycles. The van der Waals surface area contributed by atoms with Crippen LogP contribution in [0.5, 0.6) is 17.2 Å². The van der Waals surface area contributed by atoms with Gasteiger partial charge in [-0.1, -0.05) is 31.2 Å². The monoisotopic (exact) mass is 715 g/mol. The van der Waals surface area contributed by atoms with Crippen LogP contribution in [-0.2, 0) is 14.4 Å². The molecule has 5 N–H and O–H groups in total. The van der Waals surface area contributed by atoms with Crippen LogP contribution in [0.3, 0.4) is 0 Å². The Kier molecular flexibility index (Phi) is 10.8. The van der Waals surface area contributed by atoms with Crippen LogP contribution >= 0.6 is 23.5 Å². The second kappa shape index (κ2) is 15.4. The van der Waals surface area contributed by atoms with E-state index in [9.17, 15) is 29.4 Å². The van der Waals surface area contributed by atoms with E-state index in [0.717, 1.165) is 48.9 Å². The minimum atomic E-state index is -1.19. The zero-order chi connectivity index (χ0) is 35.4. The molecule has 3 aliphatic rings. The number of nitrogens with zero attached hydrogens (tertiary/aromatic N) is 1. The first-order valence-electron chi connectivity index (χ1n) is 16.3. The lowest BCUT2D eigenvalue weighted by molar-refractivity contribution is -0.137. The Bertz CT molecular complexity index is 2000. The number of ether oxygens (including phenoxy) is 1. The zero-order valence-electron chi connectivity index (χ0n) is 27.1. The van der Waals surface area contributed by atoms with Crippen LogP contribution in [0.2, 0.25) is 0 Å². The van der Waals surface area contributed by atoms with Crippen molar-refractivity contribution >= 4 is 70.8 Å². The molecule has 3 aromatic rings. The second-order valence-electron chi connectivity index (χ2n) is 12.7. The molecule has 2 fully saturated rings. The van der Waals surface area contributed by atoms with Gasteiger partial charge in [-0.3, -0.25) is 14.4 Å². The fourth-order valence-corrected chi connectivity index (χ4v) is 9.18. The van der Waals surface area contributed by atoms with Crippen molar-refractivity contribution in [1.82, 2.24) is 5.43 Å². The lowest BCUT2D eigenvalue weighted by atomic mass is 9.89. The summed E-state index contributed by atoms with van der Waals surface area (Å²) >= 11 is 3.09. The van der Waals surface area contributed by atoms with Crippen LogP contribution in [-0.4, -0.2) is 67.3 Å². The second-order valence-corrected chi connectivity index (χ2v) is 14.9. The highest BCUT2D eigenvalue weighted by Gasteiger charge is 2.42. The molecule has 260 valence electrons. The summed E-state index contributed by atoms with van der Waals surface area (Å²) in [6.45, 7) is 3.95. The summed E-state index contributed by atoms with van der Waals surface area (Å²) in [5.41, 5.74) is 5.48. The molecule has 0 radical (unpaired) electrons. The number of benzene rings is 3. The third-order valence-corrected chi connectivity index (χ3v) is 11.7. The molecule has 2 heterocycles. The van der Waals surface area contributed by atoms with Crippen LogP contribution in [0.15, 0.2) is 59.7 Å². The Hall–Kier alpha value is -4.75. The maximum absolute atomic E-state index is 12.8. The van der Waals surface area contributed by atoms with Crippen molar-refractivity contribution in [3.05, 3.63) is 81.7 Å². The average molecular weight is 716 g/mol. The van der Waals surface area contributed by atoms with Gasteiger partial charge in [0.25, 0.3) is 0 Å². The molecule has 6 rings (SSSR count). The van der Waals surface area contributed by atoms with Crippen LogP contribution in [0.25, 0.3) is 12.2 Å². The standard InChI is InChI=1S/C37H37N3O8S2/c1-20-6-9-26-30(12-20)48-31-16-24(41)8-11-27(31)36(26)25-10-7-22(14-29(25)37(46)47)38-33(42)18-49-19-34(43)40-39-23-13-21-17-50-32(28(21)15-23)4-2-3-5-35(44)45/h6-12,14,16,21,28,32,41H,1-5,13,15,17-19H2,(H,38,42)(H,40,43)(H,44,45)(H,46,47)/b39-23-/t21?,28?,32-/m0/s1. The number of hydrazone groups is 1. The Morgan fingerprint density at radius 1 is 0.940 bits per heavy atom. The van der Waals surface area contributed by atoms with E-state index in [2.05, 4.69) is 22.4 Å². The van der Waals surface area contributed by atoms with E-state index < -0.39 is 11.9 Å². The van der Waals surface area contributed by atoms with Gasteiger partial charge in [-0.05, 0) is 84.4 Å². The van der Waals surface area contributed by atoms with Crippen molar-refractivity contribution in [2.45, 2.75) is 43.8 Å². The molecule has 1 aliphatic carbocycles. The van der Waals surface area contributed by atoms with Gasteiger partial charge in [-0.15, -0.1) is 11.8 Å². The topological polar surface area (TPSA) is 175 Å². The fraction of sp³-hybridized carbons (Fsp3) is 0.324. The number of phenolic OH excluding ortho intramolecular Hbond substituents is 1. The van der Waals surface area contributed by atoms with Crippen molar-refractivity contribution in [2.75, 3.05) is 22.6 Å². The Morgan fingerprint density at radius 3 is 2.54 bits per heavy atom. The van der Waals surface area contributed by atoms with E-state index in [1.165, 1.54) is 18.2 Å². The number of phenols is 1. The van der Waals surface area contributed by atoms with Gasteiger partial charge in [0, 0.05) is 45.5 Å². The van der Waals surface area contributed by atoms with Crippen molar-refractivity contribution in [2.24, 2.45) is 16.9 Å². The van der Waals surface area contributed by atoms with Gasteiger partial charge in [0.2, 0.25) is 11.8 Å². The van der Waals surface area contributed by atoms with Crippen LogP contribution < -0.4 is 25.9 Å². The molecule has 0 aromatic heterocycles. The number of thioether (sulfide) groups is 2. The molecule has 1 saturated heterocycles. The molecule has 11 nitrogen and oxygen atoms in total. The van der Waals surface area contributed by atoms with E-state index in [0.29, 0.717) is 67.8 Å². The molecular weight excluding hydrogens is 679 g/mol. The number of anilines is 1. The van der Waals surface area contributed by atoms with E-state index in [1.54, 1.807) is 30.3 Å². The number of hydrogen-bond donors (Lipinski definition) is 5. The van der Waals surface area contributed by atoms with Crippen molar-refractivity contribution < 1.29 is 39.2 Å². The first kappa shape index (κ1) is 35.1. The van der Waals surface area contributed by atoms with Gasteiger partial charge < -0.3 is 25.4 Å². The van der Waals surface area contributed by atoms with E-state index in [1.807, 2.05) is 17.8 Å². The number of aromatic hydroxyl groups is 1. The highest BCUT2D eigenvalue weighted by molar-refractivity contribution is 8.00. The summed E-state index contributed by atoms with van der Waals surface area (Å²) in [6.07, 6.45) is 4.48. The number of amides is 2. The summed E-state index contributed by atoms with van der Waals surface area (Å²) in [7, 11) is 0. The number of aromatic carboxylic acids is 1. The van der Waals surface area contributed by atoms with Crippen molar-refractivity contribution in [3.8, 4) is 17.2 Å². The summed E-state index contributed by atoms with van der Waals surface area (Å²) < 4.78 is 6.02. The number of carboxylic acids is 2. The van der Waals surface area contributed by atoms with Gasteiger partial charge in [-0.2, -0.15) is 16.9 Å². The zero-order valence-corrected chi connectivity index (χ0v) is 28.8. The highest BCUT2D eigenvalue weighted by Crippen LogP contribution is 2.47. The average Bonchev–Trinajstić information content (AvgIpc) is 3.65. The van der Waals surface area contributed by atoms with Gasteiger partial charge in [0.15, 0.2) is 0 Å².